The van der Waals surface area contributed by atoms with Gasteiger partial charge in [-0.1, -0.05) is 24.3 Å². The summed E-state index contributed by atoms with van der Waals surface area (Å²) in [6.45, 7) is 2.75. The van der Waals surface area contributed by atoms with Gasteiger partial charge in [-0.2, -0.15) is 0 Å². The topological polar surface area (TPSA) is 385 Å². The third-order valence-corrected chi connectivity index (χ3v) is 16.5. The van der Waals surface area contributed by atoms with Gasteiger partial charge in [0.1, 0.15) is 53.1 Å². The van der Waals surface area contributed by atoms with Gasteiger partial charge in [0.05, 0.1) is 38.7 Å². The van der Waals surface area contributed by atoms with E-state index in [-0.39, 0.29) is 61.7 Å². The molecule has 8 atom stereocenters. The summed E-state index contributed by atoms with van der Waals surface area (Å²) in [4.78, 5) is 170. The van der Waals surface area contributed by atoms with Gasteiger partial charge in [0.2, 0.25) is 47.3 Å². The molecule has 92 heavy (non-hydrogen) atoms. The predicted molar refractivity (Wildman–Crippen MR) is 326 cm³/mol. The van der Waals surface area contributed by atoms with Crippen molar-refractivity contribution in [3.05, 3.63) is 149 Å². The van der Waals surface area contributed by atoms with Gasteiger partial charge in [0.15, 0.2) is 5.78 Å². The Labute approximate surface area is 523 Å². The Morgan fingerprint density at radius 3 is 1.83 bits per heavy atom. The standard InChI is InChI=1S/C64H68F2N12O14/c1-33-57(84)74-49(21-37-29-68-46-15-9-39(65)24-44(37)46)58(85)75-50(22-38-30-69-47-16-10-40(66)25-45(38)47)59(86)76-51(28-56(82)83)60(87)73-48(26-42-31-67-32-70-42)53(79)23-36(19-34-7-13-43(92-3)14-8-34)61(88)78-18-4-17-64(78,2)63(91)77-52(62(89)90)27-55(81)72-41-11-5-35(6-12-41)20-54(80)71-33/h5-16,24-25,29-33,36,48-52,68-69H,4,17-23,26-28H2,1-3H3,(H,67,70)(H,71,80)(H,72,81)(H,73,87)(H,74,84)(H,75,85)(H,76,86)(H,77,91)(H,82,83)(H,89,90)/t33-,36-,48+,49+,50+,51+,52?,64+/m1/s1. The van der Waals surface area contributed by atoms with Crippen LogP contribution in [0.2, 0.25) is 0 Å². The van der Waals surface area contributed by atoms with E-state index in [1.54, 1.807) is 24.3 Å². The van der Waals surface area contributed by atoms with Crippen molar-refractivity contribution in [2.24, 2.45) is 5.92 Å². The summed E-state index contributed by atoms with van der Waals surface area (Å²) >= 11 is 0. The minimum atomic E-state index is -2.01. The molecule has 10 rings (SSSR count). The molecular formula is C64H68F2N12O14. The van der Waals surface area contributed by atoms with Crippen LogP contribution in [-0.2, 0) is 84.8 Å². The lowest BCUT2D eigenvalue weighted by Crippen LogP contribution is -2.60. The lowest BCUT2D eigenvalue weighted by molar-refractivity contribution is -0.150. The monoisotopic (exact) mass is 1270 g/mol. The molecule has 0 radical (unpaired) electrons. The van der Waals surface area contributed by atoms with Crippen molar-refractivity contribution in [1.29, 1.82) is 0 Å². The first-order valence-corrected chi connectivity index (χ1v) is 29.5. The first-order valence-electron chi connectivity index (χ1n) is 29.5. The SMILES string of the molecule is COc1ccc(C[C@@H]2CC(=O)[C@H](Cc3cnc[nH]3)NC(=O)[C@H](CC(=O)O)NC(=O)[C@H](Cc3c[nH]c4ccc(F)cc34)NC(=O)[C@H](Cc3c[nH]c4ccc(F)cc34)NC(=O)[C@@H](C)NC(=O)Cc3ccc(cc3)NC(=O)CC(C(=O)O)NC(=O)[C@]3(C)CCCN3C2=O)cc1. The van der Waals surface area contributed by atoms with Gasteiger partial charge >= 0.3 is 11.9 Å². The van der Waals surface area contributed by atoms with Crippen LogP contribution in [-0.4, -0.2) is 155 Å². The molecule has 26 nitrogen and oxygen atoms in total. The zero-order valence-corrected chi connectivity index (χ0v) is 50.2. The molecular weight excluding hydrogens is 1200 g/mol. The van der Waals surface area contributed by atoms with E-state index in [9.17, 15) is 62.1 Å². The molecule has 1 fully saturated rings. The minimum absolute atomic E-state index is 0.0188. The number of carbonyl (C=O) groups excluding carboxylic acids is 9. The molecule has 28 heteroatoms. The Bertz CT molecular complexity index is 3950. The molecule has 12 N–H and O–H groups in total. The number of halogens is 2. The maximum atomic E-state index is 15.2. The van der Waals surface area contributed by atoms with Crippen LogP contribution in [0.3, 0.4) is 0 Å². The number of aromatic amines is 3. The molecule has 0 aliphatic carbocycles. The summed E-state index contributed by atoms with van der Waals surface area (Å²) in [6.07, 6.45) is 1.81. The average Bonchev–Trinajstić information content (AvgIpc) is 1.59. The van der Waals surface area contributed by atoms with Crippen molar-refractivity contribution >= 4 is 92.5 Å². The number of H-pyrrole nitrogens is 3. The summed E-state index contributed by atoms with van der Waals surface area (Å²) in [6, 6.07) is 9.95. The number of benzene rings is 4. The van der Waals surface area contributed by atoms with Crippen LogP contribution in [0.5, 0.6) is 5.75 Å². The van der Waals surface area contributed by atoms with Crippen molar-refractivity contribution in [1.82, 2.24) is 56.7 Å². The number of hydrogen-bond acceptors (Lipinski definition) is 13. The number of ketones is 1. The van der Waals surface area contributed by atoms with Crippen LogP contribution in [0.25, 0.3) is 21.8 Å². The molecule has 0 spiro atoms. The number of hydrogen-bond donors (Lipinski definition) is 12. The van der Waals surface area contributed by atoms with E-state index in [4.69, 9.17) is 4.74 Å². The first-order chi connectivity index (χ1) is 43.9. The highest BCUT2D eigenvalue weighted by molar-refractivity contribution is 6.01. The van der Waals surface area contributed by atoms with E-state index in [2.05, 4.69) is 57.2 Å². The van der Waals surface area contributed by atoms with Gasteiger partial charge in [0, 0.05) is 89.9 Å². The molecule has 8 amide bonds. The number of amides is 8. The normalized spacial score (nSPS) is 23.0. The number of carboxylic acids is 2. The van der Waals surface area contributed by atoms with Crippen molar-refractivity contribution in [3.63, 3.8) is 0 Å². The fourth-order valence-corrected chi connectivity index (χ4v) is 11.5. The summed E-state index contributed by atoms with van der Waals surface area (Å²) in [5.74, 6) is -13.5. The number of anilines is 1. The van der Waals surface area contributed by atoms with Gasteiger partial charge in [-0.3, -0.25) is 47.9 Å². The largest absolute Gasteiger partial charge is 0.497 e. The molecule has 7 aromatic rings. The molecule has 2 bridgehead atoms. The lowest BCUT2D eigenvalue weighted by Gasteiger charge is -2.37. The number of fused-ring (bicyclic) bond motifs is 28. The highest BCUT2D eigenvalue weighted by Crippen LogP contribution is 2.33. The molecule has 0 saturated carbocycles. The third-order valence-electron chi connectivity index (χ3n) is 16.5. The second-order valence-electron chi connectivity index (χ2n) is 23.1. The summed E-state index contributed by atoms with van der Waals surface area (Å²) in [7, 11) is 1.45. The number of nitrogens with zero attached hydrogens (tertiary/aromatic N) is 2. The van der Waals surface area contributed by atoms with Crippen molar-refractivity contribution in [2.45, 2.75) is 120 Å². The van der Waals surface area contributed by atoms with Gasteiger partial charge in [-0.05, 0) is 116 Å². The van der Waals surface area contributed by atoms with E-state index >= 15 is 9.59 Å². The molecule has 3 aliphatic heterocycles. The smallest absolute Gasteiger partial charge is 0.326 e. The Balaban J connectivity index is 1.09. The molecule has 6 heterocycles. The molecule has 3 aromatic heterocycles. The van der Waals surface area contributed by atoms with Crippen LogP contribution in [0.15, 0.2) is 110 Å². The highest BCUT2D eigenvalue weighted by Gasteiger charge is 2.49. The fraction of sp³-hybridized carbons (Fsp3) is 0.344. The Morgan fingerprint density at radius 2 is 1.25 bits per heavy atom. The van der Waals surface area contributed by atoms with Crippen LogP contribution < -0.4 is 42.0 Å². The average molecular weight is 1270 g/mol. The summed E-state index contributed by atoms with van der Waals surface area (Å²) in [5.41, 5.74) is 1.16. The number of methoxy groups -OCH3 is 1. The second-order valence-corrected chi connectivity index (χ2v) is 23.1. The number of carbonyl (C=O) groups is 11. The summed E-state index contributed by atoms with van der Waals surface area (Å²) in [5, 5.41) is 39.0. The maximum Gasteiger partial charge on any atom is 0.326 e. The van der Waals surface area contributed by atoms with Crippen LogP contribution >= 0.6 is 0 Å². The van der Waals surface area contributed by atoms with E-state index in [0.717, 1.165) is 0 Å². The summed E-state index contributed by atoms with van der Waals surface area (Å²) < 4.78 is 35.0. The molecule has 4 aromatic carbocycles. The van der Waals surface area contributed by atoms with Crippen molar-refractivity contribution < 1.29 is 76.5 Å². The van der Waals surface area contributed by atoms with Crippen LogP contribution in [0.4, 0.5) is 14.5 Å². The third kappa shape index (κ3) is 16.1. The zero-order valence-electron chi connectivity index (χ0n) is 50.2. The minimum Gasteiger partial charge on any atom is -0.497 e. The lowest BCUT2D eigenvalue weighted by atomic mass is 9.88. The van der Waals surface area contributed by atoms with Gasteiger partial charge < -0.3 is 72.0 Å². The highest BCUT2D eigenvalue weighted by atomic mass is 19.1. The number of nitrogens with one attached hydrogen (secondary N) is 10. The fourth-order valence-electron chi connectivity index (χ4n) is 11.5. The predicted octanol–water partition coefficient (Wildman–Crippen LogP) is 2.96. The molecule has 1 saturated heterocycles. The number of aromatic nitrogens is 4. The van der Waals surface area contributed by atoms with Crippen LogP contribution in [0, 0.1) is 17.6 Å². The van der Waals surface area contributed by atoms with Crippen LogP contribution in [0.1, 0.15) is 73.9 Å². The Morgan fingerprint density at radius 1 is 0.663 bits per heavy atom. The van der Waals surface area contributed by atoms with Gasteiger partial charge in [-0.25, -0.2) is 18.6 Å². The number of Topliss-reactive ketones (excluding diaryl/α,β-unsaturated/α-hetero) is 1. The van der Waals surface area contributed by atoms with Crippen molar-refractivity contribution in [2.75, 3.05) is 19.0 Å². The molecule has 3 aliphatic rings. The zero-order chi connectivity index (χ0) is 66.0. The second kappa shape index (κ2) is 28.8. The van der Waals surface area contributed by atoms with Gasteiger partial charge in [0.25, 0.3) is 0 Å². The Kier molecular flexibility index (Phi) is 20.5. The van der Waals surface area contributed by atoms with Crippen molar-refractivity contribution in [3.8, 4) is 5.75 Å². The molecule has 482 valence electrons. The van der Waals surface area contributed by atoms with E-state index in [0.29, 0.717) is 44.6 Å². The number of ether oxygens (including phenoxy) is 1. The maximum absolute atomic E-state index is 15.2. The Hall–Kier alpha value is -10.8. The number of imidazole rings is 1. The van der Waals surface area contributed by atoms with E-state index < -0.39 is 150 Å². The van der Waals surface area contributed by atoms with E-state index in [1.807, 2.05) is 0 Å². The quantitative estimate of drug-likeness (QED) is 0.0783. The van der Waals surface area contributed by atoms with Gasteiger partial charge in [-0.15, -0.1) is 0 Å². The van der Waals surface area contributed by atoms with E-state index in [1.165, 1.54) is 111 Å². The first kappa shape index (κ1) is 65.6. The molecule has 1 unspecified atom stereocenters. The number of rotatable bonds is 12. The number of aliphatic carboxylic acids is 2. The number of carboxylic acid groups (broad SMARTS) is 2.